The van der Waals surface area contributed by atoms with Crippen LogP contribution in [-0.4, -0.2) is 32.4 Å². The molecule has 0 spiro atoms. The van der Waals surface area contributed by atoms with Gasteiger partial charge < -0.3 is 5.73 Å². The maximum atomic E-state index is 12.9. The highest BCUT2D eigenvalue weighted by Gasteiger charge is 2.26. The van der Waals surface area contributed by atoms with Crippen molar-refractivity contribution >= 4 is 21.6 Å². The van der Waals surface area contributed by atoms with Crippen molar-refractivity contribution in [2.24, 2.45) is 5.73 Å². The van der Waals surface area contributed by atoms with Crippen LogP contribution < -0.4 is 5.73 Å². The molecule has 0 saturated heterocycles. The number of benzene rings is 2. The monoisotopic (exact) mass is 352 g/mol. The Hall–Kier alpha value is -1.40. The molecule has 0 aliphatic carbocycles. The van der Waals surface area contributed by atoms with Crippen LogP contribution >= 0.6 is 11.6 Å². The first kappa shape index (κ1) is 17.9. The van der Waals surface area contributed by atoms with Crippen molar-refractivity contribution in [2.75, 3.05) is 19.6 Å². The Kier molecular flexibility index (Phi) is 6.18. The molecule has 124 valence electrons. The molecule has 0 fully saturated rings. The topological polar surface area (TPSA) is 63.4 Å². The van der Waals surface area contributed by atoms with Crippen LogP contribution in [-0.2, 0) is 16.4 Å². The summed E-state index contributed by atoms with van der Waals surface area (Å²) in [6, 6.07) is 14.7. The number of aryl methyl sites for hydroxylation is 1. The molecule has 0 bridgehead atoms. The van der Waals surface area contributed by atoms with Crippen LogP contribution in [0.2, 0.25) is 5.02 Å². The van der Waals surface area contributed by atoms with Crippen LogP contribution in [0.4, 0.5) is 0 Å². The van der Waals surface area contributed by atoms with E-state index >= 15 is 0 Å². The van der Waals surface area contributed by atoms with E-state index in [1.54, 1.807) is 18.2 Å². The summed E-state index contributed by atoms with van der Waals surface area (Å²) in [6.07, 6.45) is 0.629. The van der Waals surface area contributed by atoms with Crippen molar-refractivity contribution in [3.05, 3.63) is 64.7 Å². The number of hydrogen-bond acceptors (Lipinski definition) is 3. The smallest absolute Gasteiger partial charge is 0.244 e. The summed E-state index contributed by atoms with van der Waals surface area (Å²) in [5.41, 5.74) is 7.60. The first-order valence-electron chi connectivity index (χ1n) is 7.45. The zero-order chi connectivity index (χ0) is 16.9. The Balaban J connectivity index is 2.24. The molecule has 0 radical (unpaired) electrons. The van der Waals surface area contributed by atoms with Crippen molar-refractivity contribution in [3.8, 4) is 0 Å². The van der Waals surface area contributed by atoms with Crippen molar-refractivity contribution in [1.82, 2.24) is 4.31 Å². The molecule has 6 heteroatoms. The van der Waals surface area contributed by atoms with Gasteiger partial charge in [0.1, 0.15) is 4.90 Å². The fourth-order valence-electron chi connectivity index (χ4n) is 2.35. The van der Waals surface area contributed by atoms with E-state index in [1.165, 1.54) is 4.31 Å². The number of sulfonamides is 1. The highest BCUT2D eigenvalue weighted by Crippen LogP contribution is 2.25. The minimum Gasteiger partial charge on any atom is -0.329 e. The third-order valence-electron chi connectivity index (χ3n) is 3.58. The van der Waals surface area contributed by atoms with Gasteiger partial charge in [-0.1, -0.05) is 48.0 Å². The molecular weight excluding hydrogens is 332 g/mol. The predicted molar refractivity (Wildman–Crippen MR) is 94.1 cm³/mol. The molecule has 23 heavy (non-hydrogen) atoms. The van der Waals surface area contributed by atoms with Crippen LogP contribution in [0.25, 0.3) is 0 Å². The Morgan fingerprint density at radius 2 is 1.78 bits per heavy atom. The van der Waals surface area contributed by atoms with Crippen molar-refractivity contribution in [1.29, 1.82) is 0 Å². The molecule has 0 amide bonds. The van der Waals surface area contributed by atoms with Gasteiger partial charge in [0.2, 0.25) is 10.0 Å². The van der Waals surface area contributed by atoms with Crippen molar-refractivity contribution < 1.29 is 8.42 Å². The molecule has 0 heterocycles. The maximum absolute atomic E-state index is 12.9. The number of nitrogens with zero attached hydrogens (tertiary/aromatic N) is 1. The normalized spacial score (nSPS) is 11.8. The third-order valence-corrected chi connectivity index (χ3v) is 5.96. The van der Waals surface area contributed by atoms with Crippen molar-refractivity contribution in [3.63, 3.8) is 0 Å². The van der Waals surface area contributed by atoms with Crippen LogP contribution in [0.1, 0.15) is 11.1 Å². The molecule has 0 aliphatic rings. The van der Waals surface area contributed by atoms with E-state index in [-0.39, 0.29) is 23.0 Å². The van der Waals surface area contributed by atoms with Gasteiger partial charge >= 0.3 is 0 Å². The van der Waals surface area contributed by atoms with Gasteiger partial charge in [0.15, 0.2) is 0 Å². The number of halogens is 1. The molecule has 0 saturated carbocycles. The zero-order valence-corrected chi connectivity index (χ0v) is 14.6. The summed E-state index contributed by atoms with van der Waals surface area (Å²) in [7, 11) is -3.66. The summed E-state index contributed by atoms with van der Waals surface area (Å²) in [5, 5.41) is 0.242. The molecule has 2 aromatic carbocycles. The molecule has 0 aliphatic heterocycles. The van der Waals surface area contributed by atoms with E-state index < -0.39 is 10.0 Å². The predicted octanol–water partition coefficient (Wildman–Crippen LogP) is 2.84. The number of nitrogens with two attached hydrogens (primary N) is 1. The molecule has 4 nitrogen and oxygen atoms in total. The maximum Gasteiger partial charge on any atom is 0.244 e. The van der Waals surface area contributed by atoms with Gasteiger partial charge in [0.05, 0.1) is 5.02 Å². The SMILES string of the molecule is Cc1ccc(S(=O)(=O)N(CCN)CCc2ccccc2)c(Cl)c1. The van der Waals surface area contributed by atoms with Gasteiger partial charge in [-0.25, -0.2) is 8.42 Å². The lowest BCUT2D eigenvalue weighted by molar-refractivity contribution is 0.421. The van der Waals surface area contributed by atoms with Crippen LogP contribution in [0.3, 0.4) is 0 Å². The fraction of sp³-hybridized carbons (Fsp3) is 0.294. The van der Waals surface area contributed by atoms with Crippen molar-refractivity contribution in [2.45, 2.75) is 18.2 Å². The minimum absolute atomic E-state index is 0.131. The summed E-state index contributed by atoms with van der Waals surface area (Å²) in [6.45, 7) is 2.76. The average molecular weight is 353 g/mol. The van der Waals surface area contributed by atoms with Crippen LogP contribution in [0.15, 0.2) is 53.4 Å². The first-order valence-corrected chi connectivity index (χ1v) is 9.27. The summed E-state index contributed by atoms with van der Waals surface area (Å²) in [4.78, 5) is 0.131. The Morgan fingerprint density at radius 3 is 2.39 bits per heavy atom. The highest BCUT2D eigenvalue weighted by atomic mass is 35.5. The second-order valence-corrected chi connectivity index (χ2v) is 7.68. The molecule has 0 aromatic heterocycles. The lowest BCUT2D eigenvalue weighted by Crippen LogP contribution is -2.37. The van der Waals surface area contributed by atoms with Gasteiger partial charge in [0.25, 0.3) is 0 Å². The lowest BCUT2D eigenvalue weighted by atomic mass is 10.1. The first-order chi connectivity index (χ1) is 10.9. The highest BCUT2D eigenvalue weighted by molar-refractivity contribution is 7.89. The van der Waals surface area contributed by atoms with Gasteiger partial charge in [-0.15, -0.1) is 0 Å². The summed E-state index contributed by atoms with van der Waals surface area (Å²) in [5.74, 6) is 0. The largest absolute Gasteiger partial charge is 0.329 e. The zero-order valence-electron chi connectivity index (χ0n) is 13.1. The molecule has 2 aromatic rings. The Bertz CT molecular complexity index is 748. The number of rotatable bonds is 7. The molecule has 2 rings (SSSR count). The van der Waals surface area contributed by atoms with Gasteiger partial charge in [-0.2, -0.15) is 4.31 Å². The molecular formula is C17H21ClN2O2S. The quantitative estimate of drug-likeness (QED) is 0.833. The Morgan fingerprint density at radius 1 is 1.09 bits per heavy atom. The van der Waals surface area contributed by atoms with Gasteiger partial charge in [-0.3, -0.25) is 0 Å². The third kappa shape index (κ3) is 4.54. The lowest BCUT2D eigenvalue weighted by Gasteiger charge is -2.22. The van der Waals surface area contributed by atoms with Gasteiger partial charge in [0, 0.05) is 19.6 Å². The van der Waals surface area contributed by atoms with E-state index in [9.17, 15) is 8.42 Å². The second-order valence-electron chi connectivity index (χ2n) is 5.36. The standard InChI is InChI=1S/C17H21ClN2O2S/c1-14-7-8-17(16(18)13-14)23(21,22)20(12-10-19)11-9-15-5-3-2-4-6-15/h2-8,13H,9-12,19H2,1H3. The minimum atomic E-state index is -3.66. The molecule has 0 atom stereocenters. The average Bonchev–Trinajstić information content (AvgIpc) is 2.52. The van der Waals surface area contributed by atoms with E-state index in [4.69, 9.17) is 17.3 Å². The fourth-order valence-corrected chi connectivity index (χ4v) is 4.38. The molecule has 0 unspecified atom stereocenters. The van der Waals surface area contributed by atoms with E-state index in [2.05, 4.69) is 0 Å². The summed E-state index contributed by atoms with van der Waals surface area (Å²) < 4.78 is 27.1. The van der Waals surface area contributed by atoms with Crippen LogP contribution in [0.5, 0.6) is 0 Å². The van der Waals surface area contributed by atoms with Crippen LogP contribution in [0, 0.1) is 6.92 Å². The molecule has 2 N–H and O–H groups in total. The second kappa shape index (κ2) is 7.93. The Labute approximate surface area is 142 Å². The van der Waals surface area contributed by atoms with E-state index in [1.807, 2.05) is 37.3 Å². The number of hydrogen-bond donors (Lipinski definition) is 1. The van der Waals surface area contributed by atoms with E-state index in [0.717, 1.165) is 11.1 Å². The summed E-state index contributed by atoms with van der Waals surface area (Å²) >= 11 is 6.14. The van der Waals surface area contributed by atoms with E-state index in [0.29, 0.717) is 13.0 Å². The van der Waals surface area contributed by atoms with Gasteiger partial charge in [-0.05, 0) is 36.6 Å².